The molecular formula is C23H20F4N4O3S. The van der Waals surface area contributed by atoms with Gasteiger partial charge >= 0.3 is 6.18 Å². The van der Waals surface area contributed by atoms with Crippen molar-refractivity contribution in [3.63, 3.8) is 0 Å². The van der Waals surface area contributed by atoms with E-state index in [0.717, 1.165) is 0 Å². The number of benzene rings is 2. The van der Waals surface area contributed by atoms with Crippen LogP contribution < -0.4 is 4.90 Å². The van der Waals surface area contributed by atoms with E-state index in [9.17, 15) is 30.8 Å². The fourth-order valence-corrected chi connectivity index (χ4v) is 4.36. The van der Waals surface area contributed by atoms with E-state index in [1.807, 2.05) is 0 Å². The molecule has 0 saturated carbocycles. The van der Waals surface area contributed by atoms with E-state index in [2.05, 4.69) is 9.97 Å². The van der Waals surface area contributed by atoms with Gasteiger partial charge in [0, 0.05) is 31.7 Å². The van der Waals surface area contributed by atoms with Gasteiger partial charge in [0.2, 0.25) is 12.2 Å². The summed E-state index contributed by atoms with van der Waals surface area (Å²) in [5.74, 6) is -2.03. The second kappa shape index (κ2) is 9.98. The highest BCUT2D eigenvalue weighted by Gasteiger charge is 2.37. The Hall–Kier alpha value is -3.54. The van der Waals surface area contributed by atoms with E-state index in [0.29, 0.717) is 36.2 Å². The summed E-state index contributed by atoms with van der Waals surface area (Å²) in [6.07, 6.45) is -4.15. The van der Waals surface area contributed by atoms with Crippen LogP contribution in [0.2, 0.25) is 0 Å². The summed E-state index contributed by atoms with van der Waals surface area (Å²) in [5, 5.41) is 0. The standard InChI is InChI=1S/C23H20F4N4O3S/c24-18-7-5-16(6-8-18)19-20(17-3-1-15(2-4-17)13-35(33)34)28-22(23(25,26)27)29-21(19)31-11-9-30(14-32)10-12-31/h1-8,14,35H,9-13H2. The van der Waals surface area contributed by atoms with Crippen LogP contribution >= 0.6 is 0 Å². The van der Waals surface area contributed by atoms with E-state index >= 15 is 0 Å². The van der Waals surface area contributed by atoms with Gasteiger partial charge in [-0.2, -0.15) is 13.2 Å². The molecule has 1 amide bonds. The number of rotatable bonds is 6. The van der Waals surface area contributed by atoms with Crippen molar-refractivity contribution in [2.75, 3.05) is 31.1 Å². The van der Waals surface area contributed by atoms with Gasteiger partial charge in [-0.15, -0.1) is 0 Å². The molecule has 0 radical (unpaired) electrons. The van der Waals surface area contributed by atoms with Crippen LogP contribution in [0.1, 0.15) is 11.4 Å². The van der Waals surface area contributed by atoms with Crippen molar-refractivity contribution in [1.29, 1.82) is 0 Å². The number of anilines is 1. The molecule has 0 unspecified atom stereocenters. The predicted molar refractivity (Wildman–Crippen MR) is 122 cm³/mol. The molecule has 1 fully saturated rings. The number of piperazine rings is 1. The van der Waals surface area contributed by atoms with E-state index in [-0.39, 0.29) is 35.9 Å². The maximum absolute atomic E-state index is 13.8. The lowest BCUT2D eigenvalue weighted by molar-refractivity contribution is -0.144. The molecule has 0 bridgehead atoms. The van der Waals surface area contributed by atoms with Crippen molar-refractivity contribution in [3.8, 4) is 22.4 Å². The van der Waals surface area contributed by atoms with Crippen molar-refractivity contribution in [1.82, 2.24) is 14.9 Å². The van der Waals surface area contributed by atoms with Crippen LogP contribution in [0.15, 0.2) is 48.5 Å². The molecule has 3 aromatic rings. The third-order valence-electron chi connectivity index (χ3n) is 5.58. The Morgan fingerprint density at radius 1 is 0.886 bits per heavy atom. The molecule has 12 heteroatoms. The summed E-state index contributed by atoms with van der Waals surface area (Å²) in [5.41, 5.74) is 1.46. The van der Waals surface area contributed by atoms with E-state index in [4.69, 9.17) is 0 Å². The normalized spacial score (nSPS) is 14.4. The van der Waals surface area contributed by atoms with Gasteiger partial charge in [-0.05, 0) is 23.3 Å². The molecule has 0 spiro atoms. The minimum atomic E-state index is -4.84. The highest BCUT2D eigenvalue weighted by Crippen LogP contribution is 2.40. The van der Waals surface area contributed by atoms with Gasteiger partial charge in [-0.25, -0.2) is 22.8 Å². The van der Waals surface area contributed by atoms with Crippen LogP contribution in [0, 0.1) is 5.82 Å². The topological polar surface area (TPSA) is 83.5 Å². The highest BCUT2D eigenvalue weighted by molar-refractivity contribution is 7.71. The molecule has 0 N–H and O–H groups in total. The average molecular weight is 508 g/mol. The molecule has 0 aliphatic carbocycles. The number of hydrogen-bond acceptors (Lipinski definition) is 6. The van der Waals surface area contributed by atoms with Gasteiger partial charge < -0.3 is 9.80 Å². The van der Waals surface area contributed by atoms with Crippen LogP contribution in [0.4, 0.5) is 23.4 Å². The summed E-state index contributed by atoms with van der Waals surface area (Å²) >= 11 is 0. The second-order valence-electron chi connectivity index (χ2n) is 7.92. The maximum Gasteiger partial charge on any atom is 0.451 e. The smallest absolute Gasteiger partial charge is 0.352 e. The highest BCUT2D eigenvalue weighted by atomic mass is 32.2. The summed E-state index contributed by atoms with van der Waals surface area (Å²) < 4.78 is 77.2. The average Bonchev–Trinajstić information content (AvgIpc) is 2.83. The summed E-state index contributed by atoms with van der Waals surface area (Å²) in [7, 11) is -2.67. The van der Waals surface area contributed by atoms with E-state index in [1.54, 1.807) is 4.90 Å². The van der Waals surface area contributed by atoms with Crippen LogP contribution in [0.5, 0.6) is 0 Å². The third kappa shape index (κ3) is 5.59. The Balaban J connectivity index is 1.93. The number of amides is 1. The molecule has 1 aliphatic heterocycles. The first kappa shape index (κ1) is 24.6. The molecule has 35 heavy (non-hydrogen) atoms. The Morgan fingerprint density at radius 2 is 1.49 bits per heavy atom. The monoisotopic (exact) mass is 508 g/mol. The fraction of sp³-hybridized carbons (Fsp3) is 0.261. The Bertz CT molecular complexity index is 1280. The zero-order valence-electron chi connectivity index (χ0n) is 18.2. The lowest BCUT2D eigenvalue weighted by atomic mass is 9.98. The van der Waals surface area contributed by atoms with Gasteiger partial charge in [-0.3, -0.25) is 4.79 Å². The van der Waals surface area contributed by atoms with Crippen LogP contribution in [0.25, 0.3) is 22.4 Å². The van der Waals surface area contributed by atoms with Crippen LogP contribution in [-0.4, -0.2) is 55.9 Å². The fourth-order valence-electron chi connectivity index (χ4n) is 3.85. The van der Waals surface area contributed by atoms with Crippen molar-refractivity contribution in [3.05, 3.63) is 65.7 Å². The van der Waals surface area contributed by atoms with Gasteiger partial charge in [0.1, 0.15) is 22.3 Å². The predicted octanol–water partition coefficient (Wildman–Crippen LogP) is 3.36. The van der Waals surface area contributed by atoms with Crippen molar-refractivity contribution >= 4 is 22.9 Å². The number of aromatic nitrogens is 2. The third-order valence-corrected chi connectivity index (χ3v) is 6.20. The summed E-state index contributed by atoms with van der Waals surface area (Å²) in [6.45, 7) is 1.09. The molecular weight excluding hydrogens is 488 g/mol. The summed E-state index contributed by atoms with van der Waals surface area (Å²) in [6, 6.07) is 11.3. The first-order valence-corrected chi connectivity index (χ1v) is 11.9. The zero-order valence-corrected chi connectivity index (χ0v) is 19.1. The minimum absolute atomic E-state index is 0.0196. The summed E-state index contributed by atoms with van der Waals surface area (Å²) in [4.78, 5) is 22.0. The van der Waals surface area contributed by atoms with Gasteiger partial charge in [-0.1, -0.05) is 36.4 Å². The molecule has 4 rings (SSSR count). The number of nitrogens with zero attached hydrogens (tertiary/aromatic N) is 4. The largest absolute Gasteiger partial charge is 0.451 e. The molecule has 1 aromatic heterocycles. The number of halogens is 4. The van der Waals surface area contributed by atoms with Crippen LogP contribution in [0.3, 0.4) is 0 Å². The molecule has 0 atom stereocenters. The zero-order chi connectivity index (χ0) is 25.2. The van der Waals surface area contributed by atoms with Crippen LogP contribution in [-0.2, 0) is 27.4 Å². The molecule has 2 aromatic carbocycles. The first-order chi connectivity index (χ1) is 16.7. The Kier molecular flexibility index (Phi) is 7.01. The number of hydrogen-bond donors (Lipinski definition) is 1. The lowest BCUT2D eigenvalue weighted by Crippen LogP contribution is -2.46. The number of carbonyl (C=O) groups is 1. The van der Waals surface area contributed by atoms with Gasteiger partial charge in [0.25, 0.3) is 0 Å². The number of thiol groups is 1. The molecule has 7 nitrogen and oxygen atoms in total. The molecule has 1 aliphatic rings. The van der Waals surface area contributed by atoms with Crippen molar-refractivity contribution < 1.29 is 30.8 Å². The van der Waals surface area contributed by atoms with E-state index < -0.39 is 28.5 Å². The lowest BCUT2D eigenvalue weighted by Gasteiger charge is -2.35. The quantitative estimate of drug-likeness (QED) is 0.312. The number of alkyl halides is 3. The van der Waals surface area contributed by atoms with Gasteiger partial charge in [0.15, 0.2) is 0 Å². The Labute approximate surface area is 200 Å². The molecule has 1 saturated heterocycles. The molecule has 2 heterocycles. The first-order valence-electron chi connectivity index (χ1n) is 10.6. The SMILES string of the molecule is O=CN1CCN(c2nc(C(F)(F)F)nc(-c3ccc(C[SH](=O)=O)cc3)c2-c2ccc(F)cc2)CC1. The van der Waals surface area contributed by atoms with E-state index in [1.165, 1.54) is 53.4 Å². The minimum Gasteiger partial charge on any atom is -0.352 e. The maximum atomic E-state index is 13.8. The van der Waals surface area contributed by atoms with Crippen molar-refractivity contribution in [2.45, 2.75) is 11.9 Å². The Morgan fingerprint density at radius 3 is 2.03 bits per heavy atom. The van der Waals surface area contributed by atoms with Gasteiger partial charge in [0.05, 0.1) is 17.0 Å². The molecule has 184 valence electrons. The van der Waals surface area contributed by atoms with Crippen molar-refractivity contribution in [2.24, 2.45) is 0 Å². The second-order valence-corrected chi connectivity index (χ2v) is 8.90. The number of carbonyl (C=O) groups excluding carboxylic acids is 1.